The second-order valence-electron chi connectivity index (χ2n) is 5.04. The van der Waals surface area contributed by atoms with Crippen molar-refractivity contribution in [1.29, 1.82) is 0 Å². The number of rotatable bonds is 4. The van der Waals surface area contributed by atoms with Gasteiger partial charge in [-0.25, -0.2) is 4.98 Å². The highest BCUT2D eigenvalue weighted by Crippen LogP contribution is 2.30. The highest BCUT2D eigenvalue weighted by atomic mass is 15.1. The third kappa shape index (κ3) is 3.09. The molecule has 1 aliphatic rings. The second kappa shape index (κ2) is 6.20. The Morgan fingerprint density at radius 3 is 2.94 bits per heavy atom. The lowest BCUT2D eigenvalue weighted by atomic mass is 9.97. The summed E-state index contributed by atoms with van der Waals surface area (Å²) in [6.45, 7) is 6.52. The molecular formula is C14H25N3. The Morgan fingerprint density at radius 2 is 2.18 bits per heavy atom. The van der Waals surface area contributed by atoms with Crippen LogP contribution in [0.2, 0.25) is 0 Å². The first-order valence-electron chi connectivity index (χ1n) is 7.09. The summed E-state index contributed by atoms with van der Waals surface area (Å²) in [6.07, 6.45) is 10.7. The summed E-state index contributed by atoms with van der Waals surface area (Å²) >= 11 is 0. The summed E-state index contributed by atoms with van der Waals surface area (Å²) in [7, 11) is 0. The fourth-order valence-corrected chi connectivity index (χ4v) is 3.02. The largest absolute Gasteiger partial charge is 0.335 e. The van der Waals surface area contributed by atoms with E-state index >= 15 is 0 Å². The molecule has 0 spiro atoms. The van der Waals surface area contributed by atoms with Crippen LogP contribution in [0.15, 0.2) is 12.4 Å². The molecule has 0 aliphatic heterocycles. The van der Waals surface area contributed by atoms with E-state index in [1.54, 1.807) is 0 Å². The van der Waals surface area contributed by atoms with Crippen molar-refractivity contribution in [3.8, 4) is 0 Å². The van der Waals surface area contributed by atoms with E-state index in [1.807, 2.05) is 6.20 Å². The number of hydrogen-bond acceptors (Lipinski definition) is 2. The molecule has 2 rings (SSSR count). The van der Waals surface area contributed by atoms with Crippen LogP contribution in [0.3, 0.4) is 0 Å². The maximum absolute atomic E-state index is 4.58. The van der Waals surface area contributed by atoms with Gasteiger partial charge in [-0.15, -0.1) is 0 Å². The van der Waals surface area contributed by atoms with Crippen molar-refractivity contribution in [3.63, 3.8) is 0 Å². The Hall–Kier alpha value is -0.830. The van der Waals surface area contributed by atoms with Crippen molar-refractivity contribution < 1.29 is 0 Å². The van der Waals surface area contributed by atoms with Crippen LogP contribution < -0.4 is 5.32 Å². The molecule has 0 amide bonds. The molecule has 96 valence electrons. The molecule has 2 unspecified atom stereocenters. The topological polar surface area (TPSA) is 29.9 Å². The maximum Gasteiger partial charge on any atom is 0.111 e. The standard InChI is InChI=1S/C14H25N3/c1-3-15-13-8-6-5-7-12(11-13)14-16-9-10-17(14)4-2/h9-10,12-13,15H,3-8,11H2,1-2H3. The molecule has 3 heteroatoms. The van der Waals surface area contributed by atoms with E-state index in [1.165, 1.54) is 37.9 Å². The second-order valence-corrected chi connectivity index (χ2v) is 5.04. The van der Waals surface area contributed by atoms with Gasteiger partial charge >= 0.3 is 0 Å². The Kier molecular flexibility index (Phi) is 4.60. The van der Waals surface area contributed by atoms with Crippen molar-refractivity contribution in [1.82, 2.24) is 14.9 Å². The van der Waals surface area contributed by atoms with Gasteiger partial charge in [-0.1, -0.05) is 19.8 Å². The van der Waals surface area contributed by atoms with Crippen LogP contribution in [0.1, 0.15) is 57.7 Å². The minimum Gasteiger partial charge on any atom is -0.335 e. The summed E-state index contributed by atoms with van der Waals surface area (Å²) < 4.78 is 2.30. The van der Waals surface area contributed by atoms with Crippen molar-refractivity contribution in [2.45, 2.75) is 64.5 Å². The first-order chi connectivity index (χ1) is 8.35. The number of aromatic nitrogens is 2. The van der Waals surface area contributed by atoms with Gasteiger partial charge in [0.05, 0.1) is 0 Å². The molecule has 1 aromatic rings. The maximum atomic E-state index is 4.58. The van der Waals surface area contributed by atoms with Crippen LogP contribution >= 0.6 is 0 Å². The van der Waals surface area contributed by atoms with Gasteiger partial charge in [0.2, 0.25) is 0 Å². The number of imidazole rings is 1. The molecule has 0 bridgehead atoms. The molecule has 1 aliphatic carbocycles. The van der Waals surface area contributed by atoms with Gasteiger partial charge < -0.3 is 9.88 Å². The zero-order valence-corrected chi connectivity index (χ0v) is 11.2. The van der Waals surface area contributed by atoms with Gasteiger partial charge in [0, 0.05) is 30.9 Å². The summed E-state index contributed by atoms with van der Waals surface area (Å²) in [6, 6.07) is 0.689. The van der Waals surface area contributed by atoms with Crippen LogP contribution in [-0.4, -0.2) is 22.1 Å². The zero-order valence-electron chi connectivity index (χ0n) is 11.2. The number of aryl methyl sites for hydroxylation is 1. The third-order valence-electron chi connectivity index (χ3n) is 3.87. The molecule has 0 radical (unpaired) electrons. The van der Waals surface area contributed by atoms with Crippen molar-refractivity contribution in [2.24, 2.45) is 0 Å². The van der Waals surface area contributed by atoms with Gasteiger partial charge in [-0.2, -0.15) is 0 Å². The van der Waals surface area contributed by atoms with Crippen molar-refractivity contribution in [2.75, 3.05) is 6.54 Å². The van der Waals surface area contributed by atoms with E-state index in [9.17, 15) is 0 Å². The number of nitrogens with zero attached hydrogens (tertiary/aromatic N) is 2. The summed E-state index contributed by atoms with van der Waals surface area (Å²) in [4.78, 5) is 4.58. The molecule has 1 heterocycles. The molecule has 2 atom stereocenters. The quantitative estimate of drug-likeness (QED) is 0.813. The van der Waals surface area contributed by atoms with Gasteiger partial charge in [-0.3, -0.25) is 0 Å². The normalized spacial score (nSPS) is 25.8. The fraction of sp³-hybridized carbons (Fsp3) is 0.786. The van der Waals surface area contributed by atoms with Gasteiger partial charge in [0.15, 0.2) is 0 Å². The number of nitrogens with one attached hydrogen (secondary N) is 1. The van der Waals surface area contributed by atoms with E-state index in [0.717, 1.165) is 13.1 Å². The Labute approximate surface area is 105 Å². The Balaban J connectivity index is 2.08. The van der Waals surface area contributed by atoms with Crippen LogP contribution in [0, 0.1) is 0 Å². The molecule has 17 heavy (non-hydrogen) atoms. The van der Waals surface area contributed by atoms with E-state index in [2.05, 4.69) is 34.9 Å². The molecule has 1 N–H and O–H groups in total. The van der Waals surface area contributed by atoms with Crippen LogP contribution in [0.4, 0.5) is 0 Å². The van der Waals surface area contributed by atoms with Gasteiger partial charge in [0.25, 0.3) is 0 Å². The number of hydrogen-bond donors (Lipinski definition) is 1. The SMILES string of the molecule is CCNC1CCCCC(c2nccn2CC)C1. The molecule has 3 nitrogen and oxygen atoms in total. The van der Waals surface area contributed by atoms with Gasteiger partial charge in [-0.05, 0) is 32.7 Å². The summed E-state index contributed by atoms with van der Waals surface area (Å²) in [5, 5.41) is 3.62. The van der Waals surface area contributed by atoms with E-state index in [4.69, 9.17) is 0 Å². The van der Waals surface area contributed by atoms with E-state index in [-0.39, 0.29) is 0 Å². The first-order valence-corrected chi connectivity index (χ1v) is 7.09. The predicted molar refractivity (Wildman–Crippen MR) is 71.2 cm³/mol. The zero-order chi connectivity index (χ0) is 12.1. The smallest absolute Gasteiger partial charge is 0.111 e. The Bertz CT molecular complexity index is 332. The van der Waals surface area contributed by atoms with Crippen molar-refractivity contribution in [3.05, 3.63) is 18.2 Å². The monoisotopic (exact) mass is 235 g/mol. The lowest BCUT2D eigenvalue weighted by Crippen LogP contribution is -2.29. The molecule has 0 aromatic carbocycles. The van der Waals surface area contributed by atoms with Crippen molar-refractivity contribution >= 4 is 0 Å². The predicted octanol–water partition coefficient (Wildman–Crippen LogP) is 2.93. The molecule has 1 fully saturated rings. The molecular weight excluding hydrogens is 210 g/mol. The minimum atomic E-state index is 0.650. The summed E-state index contributed by atoms with van der Waals surface area (Å²) in [5.74, 6) is 1.95. The average molecular weight is 235 g/mol. The highest BCUT2D eigenvalue weighted by Gasteiger charge is 2.23. The lowest BCUT2D eigenvalue weighted by Gasteiger charge is -2.21. The van der Waals surface area contributed by atoms with Crippen LogP contribution in [-0.2, 0) is 6.54 Å². The van der Waals surface area contributed by atoms with Crippen LogP contribution in [0.25, 0.3) is 0 Å². The van der Waals surface area contributed by atoms with E-state index in [0.29, 0.717) is 12.0 Å². The third-order valence-corrected chi connectivity index (χ3v) is 3.87. The summed E-state index contributed by atoms with van der Waals surface area (Å²) in [5.41, 5.74) is 0. The van der Waals surface area contributed by atoms with Crippen LogP contribution in [0.5, 0.6) is 0 Å². The average Bonchev–Trinajstić information content (AvgIpc) is 2.70. The lowest BCUT2D eigenvalue weighted by molar-refractivity contribution is 0.433. The fourth-order valence-electron chi connectivity index (χ4n) is 3.02. The Morgan fingerprint density at radius 1 is 1.35 bits per heavy atom. The molecule has 1 saturated carbocycles. The molecule has 1 aromatic heterocycles. The first kappa shape index (κ1) is 12.6. The molecule has 0 saturated heterocycles. The highest BCUT2D eigenvalue weighted by molar-refractivity contribution is 5.02. The minimum absolute atomic E-state index is 0.650. The van der Waals surface area contributed by atoms with E-state index < -0.39 is 0 Å². The van der Waals surface area contributed by atoms with Gasteiger partial charge in [0.1, 0.15) is 5.82 Å².